The molecule has 0 rings (SSSR count). The monoisotopic (exact) mass is 162 g/mol. The molecule has 0 nitrogen and oxygen atoms in total. The molecule has 0 N–H and O–H groups in total. The van der Waals surface area contributed by atoms with Gasteiger partial charge in [0.05, 0.1) is 0 Å². The van der Waals surface area contributed by atoms with Gasteiger partial charge in [0.25, 0.3) is 0 Å². The third-order valence-electron chi connectivity index (χ3n) is 0.321. The smallest absolute Gasteiger partial charge is 1.00 e. The van der Waals surface area contributed by atoms with Gasteiger partial charge in [0.1, 0.15) is 0 Å². The molecule has 0 aliphatic carbocycles. The molecular weight excluding hydrogens is 161 g/mol. The van der Waals surface area contributed by atoms with Crippen molar-refractivity contribution in [2.24, 2.45) is 0 Å². The normalized spacial score (nSPS) is 12.7. The van der Waals surface area contributed by atoms with E-state index in [0.29, 0.717) is 0 Å². The van der Waals surface area contributed by atoms with Gasteiger partial charge in [-0.3, -0.25) is 0 Å². The van der Waals surface area contributed by atoms with E-state index in [1.807, 2.05) is 0 Å². The third-order valence-corrected chi connectivity index (χ3v) is 0.321. The number of halogens is 6. The zero-order valence-corrected chi connectivity index (χ0v) is 6.27. The number of hydrogen-bond acceptors (Lipinski definition) is 0. The van der Waals surface area contributed by atoms with Crippen LogP contribution in [0.3, 0.4) is 0 Å². The van der Waals surface area contributed by atoms with E-state index < -0.39 is 12.4 Å². The second kappa shape index (κ2) is 3.12. The van der Waals surface area contributed by atoms with Crippen LogP contribution < -0.4 is 29.6 Å². The SMILES string of the molecule is FC(F)(F)C(F)(F)F.[H-].[Na+]. The van der Waals surface area contributed by atoms with Crippen molar-refractivity contribution in [3.05, 3.63) is 0 Å². The van der Waals surface area contributed by atoms with Crippen molar-refractivity contribution >= 4 is 0 Å². The molecule has 0 unspecified atom stereocenters. The topological polar surface area (TPSA) is 0 Å². The van der Waals surface area contributed by atoms with Crippen LogP contribution >= 0.6 is 0 Å². The average Bonchev–Trinajstić information content (AvgIpc) is 1.25. The molecule has 0 heterocycles. The van der Waals surface area contributed by atoms with Gasteiger partial charge in [-0.2, -0.15) is 26.3 Å². The summed E-state index contributed by atoms with van der Waals surface area (Å²) >= 11 is 0. The van der Waals surface area contributed by atoms with Crippen molar-refractivity contribution in [2.45, 2.75) is 12.4 Å². The summed E-state index contributed by atoms with van der Waals surface area (Å²) in [5.41, 5.74) is 0. The molecule has 0 aromatic rings. The van der Waals surface area contributed by atoms with Crippen LogP contribution in [0.1, 0.15) is 1.43 Å². The van der Waals surface area contributed by atoms with Crippen LogP contribution in [0.15, 0.2) is 0 Å². The summed E-state index contributed by atoms with van der Waals surface area (Å²) in [4.78, 5) is 0. The van der Waals surface area contributed by atoms with E-state index in [9.17, 15) is 26.3 Å². The van der Waals surface area contributed by atoms with E-state index in [2.05, 4.69) is 0 Å². The maximum Gasteiger partial charge on any atom is 1.00 e. The minimum absolute atomic E-state index is 0. The van der Waals surface area contributed by atoms with Gasteiger partial charge in [-0.25, -0.2) is 0 Å². The molecule has 0 atom stereocenters. The van der Waals surface area contributed by atoms with Crippen LogP contribution in [0.5, 0.6) is 0 Å². The van der Waals surface area contributed by atoms with Gasteiger partial charge in [0.15, 0.2) is 0 Å². The Morgan fingerprint density at radius 3 is 0.778 bits per heavy atom. The van der Waals surface area contributed by atoms with Crippen molar-refractivity contribution in [3.8, 4) is 0 Å². The maximum atomic E-state index is 10.4. The predicted molar refractivity (Wildman–Crippen MR) is 13.2 cm³/mol. The van der Waals surface area contributed by atoms with Crippen LogP contribution in [0.4, 0.5) is 26.3 Å². The zero-order chi connectivity index (χ0) is 7.00. The molecule has 0 saturated heterocycles. The largest absolute Gasteiger partial charge is 1.00 e. The first kappa shape index (κ1) is 12.3. The van der Waals surface area contributed by atoms with Crippen LogP contribution in [-0.4, -0.2) is 12.4 Å². The number of hydrogen-bond donors (Lipinski definition) is 0. The van der Waals surface area contributed by atoms with Gasteiger partial charge in [-0.15, -0.1) is 0 Å². The van der Waals surface area contributed by atoms with Crippen molar-refractivity contribution in [3.63, 3.8) is 0 Å². The third kappa shape index (κ3) is 4.05. The first-order chi connectivity index (χ1) is 3.25. The number of rotatable bonds is 0. The summed E-state index contributed by atoms with van der Waals surface area (Å²) in [6, 6.07) is 0. The van der Waals surface area contributed by atoms with Crippen LogP contribution in [0, 0.1) is 0 Å². The first-order valence-electron chi connectivity index (χ1n) is 1.38. The molecule has 0 aromatic heterocycles. The summed E-state index contributed by atoms with van der Waals surface area (Å²) in [6.45, 7) is 0. The number of alkyl halides is 6. The van der Waals surface area contributed by atoms with Crippen molar-refractivity contribution in [2.75, 3.05) is 0 Å². The Labute approximate surface area is 70.0 Å². The quantitative estimate of drug-likeness (QED) is 0.324. The average molecular weight is 162 g/mol. The van der Waals surface area contributed by atoms with Gasteiger partial charge in [0, 0.05) is 0 Å². The Balaban J connectivity index is -0.000000245. The molecule has 52 valence electrons. The molecule has 0 bridgehead atoms. The second-order valence-electron chi connectivity index (χ2n) is 0.996. The summed E-state index contributed by atoms with van der Waals surface area (Å²) < 4.78 is 62.6. The van der Waals surface area contributed by atoms with Gasteiger partial charge < -0.3 is 1.43 Å². The predicted octanol–water partition coefficient (Wildman–Crippen LogP) is -0.773. The molecule has 7 heteroatoms. The molecule has 9 heavy (non-hydrogen) atoms. The van der Waals surface area contributed by atoms with Gasteiger partial charge in [-0.1, -0.05) is 0 Å². The van der Waals surface area contributed by atoms with Gasteiger partial charge in [0.2, 0.25) is 0 Å². The van der Waals surface area contributed by atoms with Crippen molar-refractivity contribution in [1.82, 2.24) is 0 Å². The Kier molecular flexibility index (Phi) is 4.25. The van der Waals surface area contributed by atoms with E-state index in [0.717, 1.165) is 0 Å². The molecule has 0 saturated carbocycles. The van der Waals surface area contributed by atoms with Crippen molar-refractivity contribution in [1.29, 1.82) is 0 Å². The van der Waals surface area contributed by atoms with Gasteiger partial charge >= 0.3 is 41.9 Å². The Bertz CT molecular complexity index is 70.7. The summed E-state index contributed by atoms with van der Waals surface area (Å²) in [5.74, 6) is 0. The van der Waals surface area contributed by atoms with Crippen LogP contribution in [0.2, 0.25) is 0 Å². The summed E-state index contributed by atoms with van der Waals surface area (Å²) in [5, 5.41) is 0. The first-order valence-corrected chi connectivity index (χ1v) is 1.38. The fourth-order valence-corrected chi connectivity index (χ4v) is 0. The molecule has 0 aliphatic rings. The Hall–Kier alpha value is 0.580. The van der Waals surface area contributed by atoms with E-state index in [-0.39, 0.29) is 31.0 Å². The maximum absolute atomic E-state index is 10.4. The Morgan fingerprint density at radius 1 is 0.667 bits per heavy atom. The van der Waals surface area contributed by atoms with E-state index in [1.54, 1.807) is 0 Å². The Morgan fingerprint density at radius 2 is 0.778 bits per heavy atom. The standard InChI is InChI=1S/C2F6.Na.H/c3-1(4,5)2(6,7)8;;/q;+1;-1. The minimum atomic E-state index is -6.06. The molecule has 0 aliphatic heterocycles. The molecule has 0 spiro atoms. The molecule has 0 aromatic carbocycles. The minimum Gasteiger partial charge on any atom is -1.00 e. The van der Waals surface area contributed by atoms with E-state index >= 15 is 0 Å². The summed E-state index contributed by atoms with van der Waals surface area (Å²) in [6.07, 6.45) is -12.1. The molecular formula is C2HF6Na. The molecule has 0 fully saturated rings. The second-order valence-corrected chi connectivity index (χ2v) is 0.996. The van der Waals surface area contributed by atoms with Crippen LogP contribution in [-0.2, 0) is 0 Å². The summed E-state index contributed by atoms with van der Waals surface area (Å²) in [7, 11) is 0. The van der Waals surface area contributed by atoms with Crippen molar-refractivity contribution < 1.29 is 57.3 Å². The molecule has 0 radical (unpaired) electrons. The van der Waals surface area contributed by atoms with E-state index in [4.69, 9.17) is 0 Å². The van der Waals surface area contributed by atoms with Crippen LogP contribution in [0.25, 0.3) is 0 Å². The van der Waals surface area contributed by atoms with E-state index in [1.165, 1.54) is 0 Å². The zero-order valence-electron chi connectivity index (χ0n) is 5.27. The molecule has 0 amide bonds. The van der Waals surface area contributed by atoms with Gasteiger partial charge in [-0.05, 0) is 0 Å². The fraction of sp³-hybridized carbons (Fsp3) is 1.00. The fourth-order valence-electron chi connectivity index (χ4n) is 0.